The molecule has 0 saturated carbocycles. The lowest BCUT2D eigenvalue weighted by Crippen LogP contribution is -2.13. The van der Waals surface area contributed by atoms with Crippen LogP contribution in [0.3, 0.4) is 0 Å². The largest absolute Gasteiger partial charge is 0.368 e. The molecule has 0 atom stereocenters. The van der Waals surface area contributed by atoms with Gasteiger partial charge in [-0.25, -0.2) is 17.4 Å². The van der Waals surface area contributed by atoms with E-state index in [0.29, 0.717) is 27.7 Å². The van der Waals surface area contributed by atoms with Crippen LogP contribution in [0.4, 0.5) is 5.82 Å². The number of rotatable bonds is 5. The first-order valence-corrected chi connectivity index (χ1v) is 10.4. The van der Waals surface area contributed by atoms with E-state index in [4.69, 9.17) is 13.0 Å². The van der Waals surface area contributed by atoms with Crippen molar-refractivity contribution in [1.29, 1.82) is 0 Å². The van der Waals surface area contributed by atoms with Gasteiger partial charge in [-0.15, -0.1) is 0 Å². The molecule has 0 saturated heterocycles. The van der Waals surface area contributed by atoms with Gasteiger partial charge in [0.1, 0.15) is 5.82 Å². The van der Waals surface area contributed by atoms with Gasteiger partial charge in [0.25, 0.3) is 10.0 Å². The minimum Gasteiger partial charge on any atom is -0.368 e. The summed E-state index contributed by atoms with van der Waals surface area (Å²) in [6.45, 7) is 7.48. The third-order valence-corrected chi connectivity index (χ3v) is 6.12. The van der Waals surface area contributed by atoms with Crippen molar-refractivity contribution >= 4 is 27.4 Å². The first-order valence-electron chi connectivity index (χ1n) is 9.04. The second-order valence-electron chi connectivity index (χ2n) is 6.72. The standard InChI is InChI=1S/C20H22ClN3O2S/c1-13(2)23-20-10-18(19(21)11-22-20)16-9-15(4)24(12-16)27(25,26)17-7-5-14(3)6-8-17/h5-13H,1-4H3,(H,22,23)/i9D. The van der Waals surface area contributed by atoms with Crippen molar-refractivity contribution in [3.05, 3.63) is 65.0 Å². The molecule has 3 aromatic rings. The van der Waals surface area contributed by atoms with Gasteiger partial charge in [-0.05, 0) is 51.9 Å². The van der Waals surface area contributed by atoms with E-state index in [9.17, 15) is 8.42 Å². The maximum Gasteiger partial charge on any atom is 0.267 e. The lowest BCUT2D eigenvalue weighted by Gasteiger charge is -2.11. The van der Waals surface area contributed by atoms with E-state index >= 15 is 0 Å². The van der Waals surface area contributed by atoms with Gasteiger partial charge in [-0.3, -0.25) is 0 Å². The van der Waals surface area contributed by atoms with Crippen LogP contribution in [0, 0.1) is 13.8 Å². The Morgan fingerprint density at radius 3 is 2.52 bits per heavy atom. The highest BCUT2D eigenvalue weighted by Crippen LogP contribution is 2.32. The first-order chi connectivity index (χ1) is 13.1. The zero-order valence-electron chi connectivity index (χ0n) is 16.6. The zero-order chi connectivity index (χ0) is 20.6. The van der Waals surface area contributed by atoms with Crippen molar-refractivity contribution < 1.29 is 9.79 Å². The maximum atomic E-state index is 13.1. The second kappa shape index (κ2) is 7.37. The second-order valence-corrected chi connectivity index (χ2v) is 8.94. The molecule has 0 fully saturated rings. The van der Waals surface area contributed by atoms with E-state index in [1.165, 1.54) is 12.4 Å². The third kappa shape index (κ3) is 4.01. The van der Waals surface area contributed by atoms with Crippen LogP contribution in [0.2, 0.25) is 5.02 Å². The Bertz CT molecular complexity index is 1120. The van der Waals surface area contributed by atoms with Crippen molar-refractivity contribution in [3.63, 3.8) is 0 Å². The molecular formula is C20H22ClN3O2S. The van der Waals surface area contributed by atoms with Crippen LogP contribution in [0.5, 0.6) is 0 Å². The fourth-order valence-corrected chi connectivity index (χ4v) is 4.29. The van der Waals surface area contributed by atoms with Crippen molar-refractivity contribution in [3.8, 4) is 11.1 Å². The highest BCUT2D eigenvalue weighted by molar-refractivity contribution is 7.90. The fourth-order valence-electron chi connectivity index (χ4n) is 2.73. The Balaban J connectivity index is 2.13. The normalized spacial score (nSPS) is 12.3. The highest BCUT2D eigenvalue weighted by atomic mass is 35.5. The maximum absolute atomic E-state index is 13.1. The predicted octanol–water partition coefficient (Wildman–Crippen LogP) is 4.88. The fraction of sp³-hybridized carbons (Fsp3) is 0.250. The number of hydrogen-bond acceptors (Lipinski definition) is 4. The summed E-state index contributed by atoms with van der Waals surface area (Å²) in [5.41, 5.74) is 2.29. The van der Waals surface area contributed by atoms with Crippen LogP contribution in [0.15, 0.2) is 53.7 Å². The first kappa shape index (κ1) is 18.1. The molecule has 2 aromatic heterocycles. The molecule has 3 rings (SSSR count). The lowest BCUT2D eigenvalue weighted by atomic mass is 10.1. The molecule has 1 N–H and O–H groups in total. The van der Waals surface area contributed by atoms with Crippen LogP contribution in [0.25, 0.3) is 11.1 Å². The van der Waals surface area contributed by atoms with Crippen molar-refractivity contribution in [2.24, 2.45) is 0 Å². The summed E-state index contributed by atoms with van der Waals surface area (Å²) >= 11 is 6.32. The minimum absolute atomic E-state index is 0.110. The van der Waals surface area contributed by atoms with Gasteiger partial charge in [0.05, 0.1) is 11.3 Å². The Labute approximate surface area is 166 Å². The number of aryl methyl sites for hydroxylation is 1. The Morgan fingerprint density at radius 2 is 1.89 bits per heavy atom. The average Bonchev–Trinajstić information content (AvgIpc) is 2.92. The van der Waals surface area contributed by atoms with Gasteiger partial charge in [0.15, 0.2) is 0 Å². The minimum atomic E-state index is -3.82. The van der Waals surface area contributed by atoms with Crippen molar-refractivity contribution in [2.45, 2.75) is 38.6 Å². The zero-order valence-corrected chi connectivity index (χ0v) is 17.2. The van der Waals surface area contributed by atoms with Crippen LogP contribution in [-0.4, -0.2) is 23.4 Å². The Kier molecular flexibility index (Phi) is 4.93. The summed E-state index contributed by atoms with van der Waals surface area (Å²) in [4.78, 5) is 4.41. The number of nitrogens with one attached hydrogen (secondary N) is 1. The van der Waals surface area contributed by atoms with Gasteiger partial charge >= 0.3 is 0 Å². The van der Waals surface area contributed by atoms with E-state index in [1.807, 2.05) is 20.8 Å². The molecule has 2 heterocycles. The molecule has 0 amide bonds. The van der Waals surface area contributed by atoms with Gasteiger partial charge in [0, 0.05) is 35.3 Å². The monoisotopic (exact) mass is 404 g/mol. The molecule has 5 nitrogen and oxygen atoms in total. The smallest absolute Gasteiger partial charge is 0.267 e. The molecule has 0 radical (unpaired) electrons. The van der Waals surface area contributed by atoms with Gasteiger partial charge in [-0.1, -0.05) is 29.3 Å². The number of aromatic nitrogens is 2. The molecule has 0 aliphatic rings. The van der Waals surface area contributed by atoms with Crippen LogP contribution >= 0.6 is 11.6 Å². The van der Waals surface area contributed by atoms with Gasteiger partial charge in [-0.2, -0.15) is 0 Å². The molecule has 1 aromatic carbocycles. The Morgan fingerprint density at radius 1 is 1.22 bits per heavy atom. The van der Waals surface area contributed by atoms with E-state index in [-0.39, 0.29) is 17.0 Å². The number of benzene rings is 1. The van der Waals surface area contributed by atoms with Crippen molar-refractivity contribution in [2.75, 3.05) is 5.32 Å². The topological polar surface area (TPSA) is 64.0 Å². The van der Waals surface area contributed by atoms with Gasteiger partial charge in [0.2, 0.25) is 0 Å². The number of hydrogen-bond donors (Lipinski definition) is 1. The number of halogens is 1. The lowest BCUT2D eigenvalue weighted by molar-refractivity contribution is 0.586. The molecule has 27 heavy (non-hydrogen) atoms. The number of anilines is 1. The van der Waals surface area contributed by atoms with Crippen LogP contribution < -0.4 is 5.32 Å². The van der Waals surface area contributed by atoms with Crippen LogP contribution in [0.1, 0.15) is 26.5 Å². The van der Waals surface area contributed by atoms with E-state index < -0.39 is 10.0 Å². The summed E-state index contributed by atoms with van der Waals surface area (Å²) in [6, 6.07) is 8.65. The Hall–Kier alpha value is -2.31. The van der Waals surface area contributed by atoms with Gasteiger partial charge < -0.3 is 5.32 Å². The quantitative estimate of drug-likeness (QED) is 0.658. The molecular weight excluding hydrogens is 382 g/mol. The highest BCUT2D eigenvalue weighted by Gasteiger charge is 2.20. The molecule has 0 unspecified atom stereocenters. The molecule has 0 aliphatic carbocycles. The molecule has 0 aliphatic heterocycles. The van der Waals surface area contributed by atoms with E-state index in [0.717, 1.165) is 9.54 Å². The summed E-state index contributed by atoms with van der Waals surface area (Å²) in [5, 5.41) is 3.54. The summed E-state index contributed by atoms with van der Waals surface area (Å²) in [7, 11) is -3.82. The third-order valence-electron chi connectivity index (χ3n) is 4.05. The average molecular weight is 405 g/mol. The summed E-state index contributed by atoms with van der Waals surface area (Å²) in [5.74, 6) is 0.612. The van der Waals surface area contributed by atoms with Crippen molar-refractivity contribution in [1.82, 2.24) is 8.96 Å². The summed E-state index contributed by atoms with van der Waals surface area (Å²) in [6.07, 6.45) is 2.95. The SMILES string of the molecule is [2H]c1c(-c2cc(NC(C)C)ncc2Cl)cn(S(=O)(=O)c2ccc(C)cc2)c1C. The molecule has 142 valence electrons. The van der Waals surface area contributed by atoms with E-state index in [2.05, 4.69) is 10.3 Å². The van der Waals surface area contributed by atoms with Crippen LogP contribution in [-0.2, 0) is 10.0 Å². The predicted molar refractivity (Wildman–Crippen MR) is 110 cm³/mol. The summed E-state index contributed by atoms with van der Waals surface area (Å²) < 4.78 is 35.8. The number of pyridine rings is 1. The molecule has 0 spiro atoms. The number of nitrogens with zero attached hydrogens (tertiary/aromatic N) is 2. The molecule has 0 bridgehead atoms. The van der Waals surface area contributed by atoms with E-state index in [1.54, 1.807) is 37.3 Å². The molecule has 7 heteroatoms.